The third-order valence-corrected chi connectivity index (χ3v) is 6.40. The Morgan fingerprint density at radius 1 is 1.23 bits per heavy atom. The first-order valence-corrected chi connectivity index (χ1v) is 9.08. The number of nitrogens with one attached hydrogen (secondary N) is 1. The van der Waals surface area contributed by atoms with Crippen molar-refractivity contribution in [2.24, 2.45) is 0 Å². The smallest absolute Gasteiger partial charge is 0.323 e. The summed E-state index contributed by atoms with van der Waals surface area (Å²) in [6.07, 6.45) is 0.194. The third kappa shape index (κ3) is 2.28. The topological polar surface area (TPSA) is 83.6 Å². The lowest BCUT2D eigenvalue weighted by Crippen LogP contribution is -2.52. The number of rotatable bonds is 1. The van der Waals surface area contributed by atoms with E-state index < -0.39 is 27.3 Å². The van der Waals surface area contributed by atoms with Crippen molar-refractivity contribution in [1.29, 1.82) is 0 Å². The second-order valence-corrected chi connectivity index (χ2v) is 8.39. The first-order valence-electron chi connectivity index (χ1n) is 6.88. The van der Waals surface area contributed by atoms with E-state index in [1.807, 2.05) is 0 Å². The number of aryl methyl sites for hydroxylation is 1. The van der Waals surface area contributed by atoms with Gasteiger partial charge in [0.05, 0.1) is 22.2 Å². The molecular weight excluding hydrogens is 328 g/mol. The summed E-state index contributed by atoms with van der Waals surface area (Å²) in [4.78, 5) is 26.0. The summed E-state index contributed by atoms with van der Waals surface area (Å²) < 4.78 is 23.1. The van der Waals surface area contributed by atoms with Crippen LogP contribution in [0.2, 0.25) is 5.02 Å². The van der Waals surface area contributed by atoms with Crippen LogP contribution in [-0.2, 0) is 14.6 Å². The molecule has 0 bridgehead atoms. The quantitative estimate of drug-likeness (QED) is 0.787. The molecule has 0 aliphatic carbocycles. The highest BCUT2D eigenvalue weighted by Gasteiger charge is 2.54. The highest BCUT2D eigenvalue weighted by atomic mass is 35.5. The fourth-order valence-corrected chi connectivity index (χ4v) is 4.60. The summed E-state index contributed by atoms with van der Waals surface area (Å²) in [7, 11) is -3.13. The van der Waals surface area contributed by atoms with Crippen molar-refractivity contribution in [1.82, 2.24) is 5.32 Å². The fourth-order valence-electron chi connectivity index (χ4n) is 2.87. The van der Waals surface area contributed by atoms with Crippen molar-refractivity contribution in [2.45, 2.75) is 25.3 Å². The average Bonchev–Trinajstić information content (AvgIpc) is 2.69. The number of imide groups is 1. The van der Waals surface area contributed by atoms with E-state index in [2.05, 4.69) is 5.32 Å². The van der Waals surface area contributed by atoms with E-state index in [4.69, 9.17) is 11.6 Å². The molecule has 118 valence electrons. The van der Waals surface area contributed by atoms with Crippen LogP contribution in [0, 0.1) is 6.92 Å². The molecule has 0 atom stereocenters. The van der Waals surface area contributed by atoms with Crippen molar-refractivity contribution in [2.75, 3.05) is 16.4 Å². The Morgan fingerprint density at radius 3 is 2.50 bits per heavy atom. The lowest BCUT2D eigenvalue weighted by molar-refractivity contribution is -0.122. The number of urea groups is 1. The molecule has 0 radical (unpaired) electrons. The van der Waals surface area contributed by atoms with E-state index in [1.165, 1.54) is 0 Å². The molecule has 6 nitrogen and oxygen atoms in total. The van der Waals surface area contributed by atoms with Gasteiger partial charge in [0.15, 0.2) is 9.84 Å². The minimum absolute atomic E-state index is 0.0971. The minimum Gasteiger partial charge on any atom is -0.323 e. The molecule has 0 unspecified atom stereocenters. The van der Waals surface area contributed by atoms with Gasteiger partial charge in [-0.15, -0.1) is 0 Å². The summed E-state index contributed by atoms with van der Waals surface area (Å²) in [6, 6.07) is 4.54. The van der Waals surface area contributed by atoms with Gasteiger partial charge >= 0.3 is 6.03 Å². The van der Waals surface area contributed by atoms with Crippen LogP contribution in [0.3, 0.4) is 0 Å². The molecule has 2 aliphatic heterocycles. The third-order valence-electron chi connectivity index (χ3n) is 4.25. The number of sulfone groups is 1. The molecule has 2 fully saturated rings. The molecule has 3 rings (SSSR count). The van der Waals surface area contributed by atoms with E-state index in [1.54, 1.807) is 25.1 Å². The lowest BCUT2D eigenvalue weighted by Gasteiger charge is -2.30. The van der Waals surface area contributed by atoms with Gasteiger partial charge in [-0.05, 0) is 31.4 Å². The molecule has 0 saturated carbocycles. The molecule has 1 aromatic rings. The summed E-state index contributed by atoms with van der Waals surface area (Å²) in [5, 5.41) is 3.01. The van der Waals surface area contributed by atoms with Crippen LogP contribution in [0.25, 0.3) is 0 Å². The first kappa shape index (κ1) is 15.3. The van der Waals surface area contributed by atoms with Gasteiger partial charge in [-0.25, -0.2) is 18.1 Å². The number of carbonyl (C=O) groups excluding carboxylic acids is 2. The van der Waals surface area contributed by atoms with Gasteiger partial charge in [0.25, 0.3) is 5.91 Å². The van der Waals surface area contributed by atoms with Crippen molar-refractivity contribution in [3.05, 3.63) is 28.8 Å². The highest BCUT2D eigenvalue weighted by Crippen LogP contribution is 2.36. The molecule has 2 heterocycles. The van der Waals surface area contributed by atoms with E-state index in [-0.39, 0.29) is 24.3 Å². The summed E-state index contributed by atoms with van der Waals surface area (Å²) >= 11 is 6.21. The zero-order chi connectivity index (χ0) is 16.1. The normalized spacial score (nSPS) is 22.9. The molecule has 2 saturated heterocycles. The average molecular weight is 343 g/mol. The predicted molar refractivity (Wildman–Crippen MR) is 82.8 cm³/mol. The van der Waals surface area contributed by atoms with Crippen LogP contribution >= 0.6 is 11.6 Å². The summed E-state index contributed by atoms with van der Waals surface area (Å²) in [5.74, 6) is -0.636. The maximum atomic E-state index is 12.8. The molecule has 1 N–H and O–H groups in total. The molecule has 0 aromatic heterocycles. The number of nitrogens with zero attached hydrogens (tertiary/aromatic N) is 1. The molecular formula is C14H15ClN2O4S. The number of hydrogen-bond donors (Lipinski definition) is 1. The zero-order valence-corrected chi connectivity index (χ0v) is 13.5. The van der Waals surface area contributed by atoms with Gasteiger partial charge in [0.1, 0.15) is 5.54 Å². The van der Waals surface area contributed by atoms with E-state index in [0.717, 1.165) is 10.5 Å². The van der Waals surface area contributed by atoms with Gasteiger partial charge in [-0.3, -0.25) is 4.79 Å². The lowest BCUT2D eigenvalue weighted by atomic mass is 9.92. The molecule has 8 heteroatoms. The van der Waals surface area contributed by atoms with Gasteiger partial charge in [0, 0.05) is 0 Å². The standard InChI is InChI=1S/C14H15ClN2O4S/c1-9-3-2-4-10(11(9)15)17-12(18)14(16-13(17)19)5-7-22(20,21)8-6-14/h2-4H,5-8H2,1H3,(H,16,19). The summed E-state index contributed by atoms with van der Waals surface area (Å²) in [6.45, 7) is 1.78. The highest BCUT2D eigenvalue weighted by molar-refractivity contribution is 7.91. The van der Waals surface area contributed by atoms with E-state index >= 15 is 0 Å². The van der Waals surface area contributed by atoms with Crippen molar-refractivity contribution < 1.29 is 18.0 Å². The van der Waals surface area contributed by atoms with E-state index in [0.29, 0.717) is 10.7 Å². The van der Waals surface area contributed by atoms with Gasteiger partial charge in [-0.2, -0.15) is 0 Å². The number of anilines is 1. The van der Waals surface area contributed by atoms with Crippen LogP contribution in [-0.4, -0.2) is 37.4 Å². The maximum absolute atomic E-state index is 12.8. The number of benzene rings is 1. The van der Waals surface area contributed by atoms with Gasteiger partial charge < -0.3 is 5.32 Å². The second kappa shape index (κ2) is 4.96. The minimum atomic E-state index is -3.13. The SMILES string of the molecule is Cc1cccc(N2C(=O)NC3(CCS(=O)(=O)CC3)C2=O)c1Cl. The van der Waals surface area contributed by atoms with Crippen molar-refractivity contribution >= 4 is 39.1 Å². The fraction of sp³-hybridized carbons (Fsp3) is 0.429. The van der Waals surface area contributed by atoms with Crippen LogP contribution in [0.15, 0.2) is 18.2 Å². The van der Waals surface area contributed by atoms with Crippen LogP contribution in [0.1, 0.15) is 18.4 Å². The molecule has 1 aromatic carbocycles. The largest absolute Gasteiger partial charge is 0.329 e. The Labute approximate surface area is 133 Å². The molecule has 22 heavy (non-hydrogen) atoms. The Morgan fingerprint density at radius 2 is 1.86 bits per heavy atom. The second-order valence-electron chi connectivity index (χ2n) is 5.71. The number of halogens is 1. The molecule has 1 spiro atoms. The Bertz CT molecular complexity index is 761. The first-order chi connectivity index (χ1) is 10.3. The summed E-state index contributed by atoms with van der Waals surface area (Å²) in [5.41, 5.74) is -0.0448. The van der Waals surface area contributed by atoms with Crippen LogP contribution < -0.4 is 10.2 Å². The van der Waals surface area contributed by atoms with Crippen LogP contribution in [0.5, 0.6) is 0 Å². The monoisotopic (exact) mass is 342 g/mol. The predicted octanol–water partition coefficient (Wildman–Crippen LogP) is 1.65. The molecule has 3 amide bonds. The van der Waals surface area contributed by atoms with Crippen molar-refractivity contribution in [3.63, 3.8) is 0 Å². The number of amides is 3. The van der Waals surface area contributed by atoms with Gasteiger partial charge in [0.2, 0.25) is 0 Å². The Balaban J connectivity index is 1.98. The Hall–Kier alpha value is -1.60. The maximum Gasteiger partial charge on any atom is 0.329 e. The van der Waals surface area contributed by atoms with Crippen molar-refractivity contribution in [3.8, 4) is 0 Å². The van der Waals surface area contributed by atoms with Gasteiger partial charge in [-0.1, -0.05) is 23.7 Å². The number of hydrogen-bond acceptors (Lipinski definition) is 4. The van der Waals surface area contributed by atoms with E-state index in [9.17, 15) is 18.0 Å². The zero-order valence-electron chi connectivity index (χ0n) is 11.9. The molecule has 2 aliphatic rings. The Kier molecular flexibility index (Phi) is 3.45. The van der Waals surface area contributed by atoms with Crippen LogP contribution in [0.4, 0.5) is 10.5 Å². The number of carbonyl (C=O) groups is 2.